The molecular formula is C28H31N3O3S3. The smallest absolute Gasteiger partial charge is 0.341 e. The lowest BCUT2D eigenvalue weighted by atomic mass is 9.95. The van der Waals surface area contributed by atoms with Gasteiger partial charge in [-0.1, -0.05) is 31.2 Å². The van der Waals surface area contributed by atoms with Gasteiger partial charge >= 0.3 is 5.97 Å². The number of rotatable bonds is 9. The van der Waals surface area contributed by atoms with E-state index in [1.54, 1.807) is 6.92 Å². The van der Waals surface area contributed by atoms with E-state index in [2.05, 4.69) is 16.0 Å². The molecule has 3 N–H and O–H groups in total. The van der Waals surface area contributed by atoms with Crippen molar-refractivity contribution in [3.05, 3.63) is 70.6 Å². The number of thiocarbonyl (C=S) groups is 1. The maximum Gasteiger partial charge on any atom is 0.341 e. The van der Waals surface area contributed by atoms with E-state index in [0.29, 0.717) is 28.7 Å². The van der Waals surface area contributed by atoms with Gasteiger partial charge in [0.05, 0.1) is 17.4 Å². The number of esters is 1. The number of carbonyl (C=O) groups is 2. The zero-order valence-electron chi connectivity index (χ0n) is 21.0. The molecule has 0 radical (unpaired) electrons. The topological polar surface area (TPSA) is 79.5 Å². The highest BCUT2D eigenvalue weighted by molar-refractivity contribution is 8.00. The predicted octanol–water partition coefficient (Wildman–Crippen LogP) is 7.12. The molecule has 37 heavy (non-hydrogen) atoms. The molecule has 0 saturated carbocycles. The van der Waals surface area contributed by atoms with Crippen LogP contribution in [0.5, 0.6) is 0 Å². The van der Waals surface area contributed by atoms with E-state index in [4.69, 9.17) is 17.0 Å². The van der Waals surface area contributed by atoms with E-state index in [1.165, 1.54) is 28.0 Å². The fourth-order valence-corrected chi connectivity index (χ4v) is 6.74. The van der Waals surface area contributed by atoms with Crippen molar-refractivity contribution in [2.75, 3.05) is 22.6 Å². The van der Waals surface area contributed by atoms with Crippen LogP contribution in [0.3, 0.4) is 0 Å². The number of para-hydroxylation sites is 1. The van der Waals surface area contributed by atoms with E-state index in [9.17, 15) is 9.59 Å². The second-order valence-electron chi connectivity index (χ2n) is 8.61. The van der Waals surface area contributed by atoms with Gasteiger partial charge in [0, 0.05) is 21.1 Å². The quantitative estimate of drug-likeness (QED) is 0.148. The first-order valence-corrected chi connectivity index (χ1v) is 14.6. The molecule has 9 heteroatoms. The van der Waals surface area contributed by atoms with Crippen LogP contribution < -0.4 is 16.0 Å². The molecule has 0 aliphatic heterocycles. The van der Waals surface area contributed by atoms with Crippen molar-refractivity contribution in [2.24, 2.45) is 0 Å². The second kappa shape index (κ2) is 13.1. The molecule has 4 rings (SSSR count). The van der Waals surface area contributed by atoms with Crippen LogP contribution in [0.1, 0.15) is 53.9 Å². The fourth-order valence-electron chi connectivity index (χ4n) is 4.21. The van der Waals surface area contributed by atoms with Crippen LogP contribution in [0.15, 0.2) is 59.5 Å². The molecule has 0 fully saturated rings. The third-order valence-electron chi connectivity index (χ3n) is 5.95. The number of thiophene rings is 1. The molecule has 1 amide bonds. The van der Waals surface area contributed by atoms with E-state index < -0.39 is 0 Å². The summed E-state index contributed by atoms with van der Waals surface area (Å²) in [5.41, 5.74) is 3.33. The van der Waals surface area contributed by atoms with Crippen molar-refractivity contribution in [1.29, 1.82) is 0 Å². The number of ether oxygens (including phenoxy) is 1. The predicted molar refractivity (Wildman–Crippen MR) is 158 cm³/mol. The van der Waals surface area contributed by atoms with Gasteiger partial charge < -0.3 is 20.7 Å². The Morgan fingerprint density at radius 3 is 2.49 bits per heavy atom. The maximum absolute atomic E-state index is 13.3. The van der Waals surface area contributed by atoms with Gasteiger partial charge in [-0.15, -0.1) is 23.1 Å². The summed E-state index contributed by atoms with van der Waals surface area (Å²) in [5, 5.41) is 10.2. The summed E-state index contributed by atoms with van der Waals surface area (Å²) >= 11 is 8.45. The number of amides is 1. The molecule has 1 aromatic heterocycles. The van der Waals surface area contributed by atoms with Gasteiger partial charge in [-0.05, 0) is 87.1 Å². The summed E-state index contributed by atoms with van der Waals surface area (Å²) in [4.78, 5) is 28.2. The third kappa shape index (κ3) is 7.12. The first-order valence-electron chi connectivity index (χ1n) is 12.5. The summed E-state index contributed by atoms with van der Waals surface area (Å²) in [7, 11) is 0. The lowest BCUT2D eigenvalue weighted by molar-refractivity contribution is -0.115. The maximum atomic E-state index is 13.3. The van der Waals surface area contributed by atoms with E-state index in [-0.39, 0.29) is 17.1 Å². The van der Waals surface area contributed by atoms with Crippen molar-refractivity contribution in [2.45, 2.75) is 56.1 Å². The minimum Gasteiger partial charge on any atom is -0.462 e. The number of hydrogen-bond donors (Lipinski definition) is 3. The minimum atomic E-state index is -0.350. The zero-order valence-corrected chi connectivity index (χ0v) is 23.4. The molecular weight excluding hydrogens is 523 g/mol. The van der Waals surface area contributed by atoms with Gasteiger partial charge in [0.1, 0.15) is 5.00 Å². The number of carbonyl (C=O) groups excluding carboxylic acids is 2. The Labute approximate surface area is 231 Å². The molecule has 2 aromatic carbocycles. The second-order valence-corrected chi connectivity index (χ2v) is 11.4. The Morgan fingerprint density at radius 1 is 1.00 bits per heavy atom. The summed E-state index contributed by atoms with van der Waals surface area (Å²) < 4.78 is 5.33. The summed E-state index contributed by atoms with van der Waals surface area (Å²) in [6, 6.07) is 17.6. The largest absolute Gasteiger partial charge is 0.462 e. The van der Waals surface area contributed by atoms with E-state index >= 15 is 0 Å². The van der Waals surface area contributed by atoms with Crippen LogP contribution in [0.25, 0.3) is 0 Å². The molecule has 0 bridgehead atoms. The number of anilines is 3. The van der Waals surface area contributed by atoms with Gasteiger partial charge in [0.25, 0.3) is 0 Å². The van der Waals surface area contributed by atoms with Crippen molar-refractivity contribution < 1.29 is 14.3 Å². The van der Waals surface area contributed by atoms with Crippen LogP contribution in [0, 0.1) is 0 Å². The molecule has 1 unspecified atom stereocenters. The van der Waals surface area contributed by atoms with Gasteiger partial charge in [-0.2, -0.15) is 0 Å². The molecule has 1 heterocycles. The average molecular weight is 554 g/mol. The molecule has 3 aromatic rings. The molecule has 6 nitrogen and oxygen atoms in total. The Morgan fingerprint density at radius 2 is 1.73 bits per heavy atom. The van der Waals surface area contributed by atoms with Crippen molar-refractivity contribution in [3.8, 4) is 0 Å². The number of aryl methyl sites for hydroxylation is 1. The van der Waals surface area contributed by atoms with Crippen molar-refractivity contribution >= 4 is 68.7 Å². The summed E-state index contributed by atoms with van der Waals surface area (Å²) in [6.45, 7) is 4.09. The lowest BCUT2D eigenvalue weighted by Crippen LogP contribution is -2.25. The molecule has 1 aliphatic carbocycles. The highest BCUT2D eigenvalue weighted by atomic mass is 32.2. The minimum absolute atomic E-state index is 0.115. The Bertz CT molecular complexity index is 1260. The normalized spacial score (nSPS) is 13.2. The van der Waals surface area contributed by atoms with Gasteiger partial charge in [0.2, 0.25) is 5.91 Å². The van der Waals surface area contributed by atoms with Crippen molar-refractivity contribution in [1.82, 2.24) is 0 Å². The van der Waals surface area contributed by atoms with Gasteiger partial charge in [-0.3, -0.25) is 4.79 Å². The molecule has 1 aliphatic rings. The van der Waals surface area contributed by atoms with Crippen LogP contribution in [-0.2, 0) is 22.4 Å². The number of nitrogens with one attached hydrogen (secondary N) is 3. The Balaban J connectivity index is 1.44. The highest BCUT2D eigenvalue weighted by Crippen LogP contribution is 2.39. The highest BCUT2D eigenvalue weighted by Gasteiger charge is 2.29. The number of benzene rings is 2. The number of fused-ring (bicyclic) bond motifs is 1. The Kier molecular flexibility index (Phi) is 9.60. The average Bonchev–Trinajstić information content (AvgIpc) is 3.26. The lowest BCUT2D eigenvalue weighted by Gasteiger charge is -2.16. The first-order chi connectivity index (χ1) is 18.0. The van der Waals surface area contributed by atoms with Crippen LogP contribution in [0.4, 0.5) is 16.4 Å². The number of hydrogen-bond acceptors (Lipinski definition) is 6. The summed E-state index contributed by atoms with van der Waals surface area (Å²) in [5.74, 6) is -0.465. The zero-order chi connectivity index (χ0) is 26.2. The van der Waals surface area contributed by atoms with Crippen LogP contribution >= 0.6 is 35.3 Å². The third-order valence-corrected chi connectivity index (χ3v) is 8.72. The molecule has 194 valence electrons. The van der Waals surface area contributed by atoms with Crippen LogP contribution in [-0.4, -0.2) is 28.8 Å². The SMILES string of the molecule is CCOC(=O)c1c(NC(=O)C(CC)Sc2cccc(NC(=S)Nc3ccccc3)c2)sc2c1CCCC2. The first kappa shape index (κ1) is 27.2. The summed E-state index contributed by atoms with van der Waals surface area (Å²) in [6.07, 6.45) is 4.58. The van der Waals surface area contributed by atoms with E-state index in [0.717, 1.165) is 47.5 Å². The van der Waals surface area contributed by atoms with E-state index in [1.807, 2.05) is 61.5 Å². The standard InChI is InChI=1S/C28H31N3O3S3/c1-3-22(25(32)31-26-24(27(33)34-4-2)21-15-8-9-16-23(21)37-26)36-20-14-10-13-19(17-20)30-28(35)29-18-11-6-5-7-12-18/h5-7,10-14,17,22H,3-4,8-9,15-16H2,1-2H3,(H,31,32)(H2,29,30,35). The fraction of sp³-hybridized carbons (Fsp3) is 0.321. The van der Waals surface area contributed by atoms with Crippen molar-refractivity contribution in [3.63, 3.8) is 0 Å². The molecule has 0 saturated heterocycles. The Hall–Kier alpha value is -2.88. The molecule has 1 atom stereocenters. The molecule has 0 spiro atoms. The number of thioether (sulfide) groups is 1. The van der Waals surface area contributed by atoms with Gasteiger partial charge in [0.15, 0.2) is 5.11 Å². The van der Waals surface area contributed by atoms with Gasteiger partial charge in [-0.25, -0.2) is 4.79 Å². The monoisotopic (exact) mass is 553 g/mol. The van der Waals surface area contributed by atoms with Crippen LogP contribution in [0.2, 0.25) is 0 Å².